The number of benzene rings is 1. The average Bonchev–Trinajstić information content (AvgIpc) is 3.13. The number of anilines is 2. The van der Waals surface area contributed by atoms with E-state index in [9.17, 15) is 4.79 Å². The van der Waals surface area contributed by atoms with Crippen molar-refractivity contribution in [2.45, 2.75) is 6.42 Å². The molecule has 1 saturated heterocycles. The third-order valence-corrected chi connectivity index (χ3v) is 4.87. The summed E-state index contributed by atoms with van der Waals surface area (Å²) in [5.41, 5.74) is 3.48. The van der Waals surface area contributed by atoms with E-state index < -0.39 is 0 Å². The molecule has 4 rings (SSSR count). The second-order valence-corrected chi connectivity index (χ2v) is 6.93. The minimum Gasteiger partial charge on any atom is -0.404 e. The Balaban J connectivity index is 1.34. The van der Waals surface area contributed by atoms with Crippen LogP contribution in [-0.2, 0) is 11.2 Å². The van der Waals surface area contributed by atoms with Gasteiger partial charge in [0, 0.05) is 52.2 Å². The number of hydrogen-bond donors (Lipinski definition) is 0. The highest BCUT2D eigenvalue weighted by Gasteiger charge is 2.24. The van der Waals surface area contributed by atoms with Crippen LogP contribution in [0.1, 0.15) is 5.56 Å². The summed E-state index contributed by atoms with van der Waals surface area (Å²) in [7, 11) is 4.01. The lowest BCUT2D eigenvalue weighted by atomic mass is 10.1. The smallest absolute Gasteiger partial charge is 0.299 e. The molecule has 0 radical (unpaired) electrons. The molecule has 0 saturated carbocycles. The second-order valence-electron chi connectivity index (χ2n) is 6.93. The molecule has 0 spiro atoms. The van der Waals surface area contributed by atoms with Crippen LogP contribution < -0.4 is 9.80 Å². The number of carbonyl (C=O) groups is 1. The van der Waals surface area contributed by atoms with E-state index in [1.807, 2.05) is 60.3 Å². The first-order valence-electron chi connectivity index (χ1n) is 9.11. The number of hydrogen-bond acceptors (Lipinski definition) is 6. The Labute approximate surface area is 158 Å². The molecule has 7 nitrogen and oxygen atoms in total. The molecule has 27 heavy (non-hydrogen) atoms. The van der Waals surface area contributed by atoms with Gasteiger partial charge < -0.3 is 19.1 Å². The molecule has 1 aromatic carbocycles. The number of aromatic nitrogens is 2. The Morgan fingerprint density at radius 3 is 2.52 bits per heavy atom. The summed E-state index contributed by atoms with van der Waals surface area (Å²) in [4.78, 5) is 27.3. The molecular formula is C20H23N5O2. The zero-order valence-corrected chi connectivity index (χ0v) is 15.6. The maximum Gasteiger partial charge on any atom is 0.299 e. The van der Waals surface area contributed by atoms with Crippen molar-refractivity contribution in [3.05, 3.63) is 48.2 Å². The number of oxazole rings is 1. The second kappa shape index (κ2) is 7.26. The average molecular weight is 365 g/mol. The van der Waals surface area contributed by atoms with Gasteiger partial charge in [-0.15, -0.1) is 0 Å². The first-order valence-corrected chi connectivity index (χ1v) is 9.11. The Kier molecular flexibility index (Phi) is 4.66. The maximum atomic E-state index is 12.6. The number of carbonyl (C=O) groups excluding carboxylic acids is 1. The molecule has 140 valence electrons. The highest BCUT2D eigenvalue weighted by molar-refractivity contribution is 5.79. The summed E-state index contributed by atoms with van der Waals surface area (Å²) in [6, 6.07) is 12.4. The third kappa shape index (κ3) is 3.72. The molecule has 1 amide bonds. The number of amides is 1. The zero-order chi connectivity index (χ0) is 18.8. The van der Waals surface area contributed by atoms with E-state index in [0.29, 0.717) is 44.3 Å². The summed E-state index contributed by atoms with van der Waals surface area (Å²) in [6.45, 7) is 2.75. The van der Waals surface area contributed by atoms with Gasteiger partial charge in [-0.3, -0.25) is 4.79 Å². The standard InChI is InChI=1S/C20H23N5O2/c1-23(2)16-7-5-15(6-8-16)14-18(26)24-10-12-25(13-11-24)20-22-17-4-3-9-21-19(17)27-20/h3-9H,10-14H2,1-2H3. The van der Waals surface area contributed by atoms with Crippen molar-refractivity contribution in [1.82, 2.24) is 14.9 Å². The van der Waals surface area contributed by atoms with Gasteiger partial charge in [0.05, 0.1) is 6.42 Å². The van der Waals surface area contributed by atoms with Crippen molar-refractivity contribution in [2.24, 2.45) is 0 Å². The highest BCUT2D eigenvalue weighted by atomic mass is 16.4. The van der Waals surface area contributed by atoms with Gasteiger partial charge in [0.25, 0.3) is 6.01 Å². The first kappa shape index (κ1) is 17.3. The molecule has 2 aromatic heterocycles. The van der Waals surface area contributed by atoms with Crippen LogP contribution in [0, 0.1) is 0 Å². The molecule has 0 atom stereocenters. The van der Waals surface area contributed by atoms with Crippen molar-refractivity contribution in [1.29, 1.82) is 0 Å². The van der Waals surface area contributed by atoms with Crippen LogP contribution in [0.3, 0.4) is 0 Å². The van der Waals surface area contributed by atoms with Crippen LogP contribution in [0.4, 0.5) is 11.7 Å². The third-order valence-electron chi connectivity index (χ3n) is 4.87. The van der Waals surface area contributed by atoms with Crippen LogP contribution in [0.25, 0.3) is 11.2 Å². The van der Waals surface area contributed by atoms with Crippen molar-refractivity contribution in [3.63, 3.8) is 0 Å². The SMILES string of the molecule is CN(C)c1ccc(CC(=O)N2CCN(c3nc4cccnc4o3)CC2)cc1. The van der Waals surface area contributed by atoms with Gasteiger partial charge in [0.15, 0.2) is 0 Å². The van der Waals surface area contributed by atoms with E-state index >= 15 is 0 Å². The molecule has 1 aliphatic rings. The van der Waals surface area contributed by atoms with Crippen molar-refractivity contribution in [3.8, 4) is 0 Å². The number of piperazine rings is 1. The predicted molar refractivity (Wildman–Crippen MR) is 105 cm³/mol. The predicted octanol–water partition coefficient (Wildman–Crippen LogP) is 2.18. The van der Waals surface area contributed by atoms with Gasteiger partial charge in [-0.2, -0.15) is 4.98 Å². The van der Waals surface area contributed by atoms with E-state index in [1.165, 1.54) is 0 Å². The number of pyridine rings is 1. The largest absolute Gasteiger partial charge is 0.404 e. The molecule has 1 fully saturated rings. The van der Waals surface area contributed by atoms with Crippen LogP contribution in [0.15, 0.2) is 47.0 Å². The van der Waals surface area contributed by atoms with E-state index in [0.717, 1.165) is 16.8 Å². The fraction of sp³-hybridized carbons (Fsp3) is 0.350. The molecule has 0 bridgehead atoms. The van der Waals surface area contributed by atoms with Crippen LogP contribution in [0.5, 0.6) is 0 Å². The van der Waals surface area contributed by atoms with Gasteiger partial charge in [0.1, 0.15) is 5.52 Å². The quantitative estimate of drug-likeness (QED) is 0.706. The summed E-state index contributed by atoms with van der Waals surface area (Å²) >= 11 is 0. The summed E-state index contributed by atoms with van der Waals surface area (Å²) in [5.74, 6) is 0.159. The number of rotatable bonds is 4. The highest BCUT2D eigenvalue weighted by Crippen LogP contribution is 2.21. The van der Waals surface area contributed by atoms with Crippen LogP contribution in [-0.4, -0.2) is 61.0 Å². The molecule has 1 aliphatic heterocycles. The molecule has 3 heterocycles. The Morgan fingerprint density at radius 2 is 1.85 bits per heavy atom. The number of nitrogens with zero attached hydrogens (tertiary/aromatic N) is 5. The van der Waals surface area contributed by atoms with Crippen molar-refractivity contribution in [2.75, 3.05) is 50.1 Å². The van der Waals surface area contributed by atoms with Gasteiger partial charge in [0.2, 0.25) is 11.6 Å². The molecular weight excluding hydrogens is 342 g/mol. The summed E-state index contributed by atoms with van der Waals surface area (Å²) in [5, 5.41) is 0. The molecule has 3 aromatic rings. The van der Waals surface area contributed by atoms with E-state index in [2.05, 4.69) is 14.9 Å². The molecule has 0 unspecified atom stereocenters. The van der Waals surface area contributed by atoms with Gasteiger partial charge in [-0.1, -0.05) is 12.1 Å². The topological polar surface area (TPSA) is 65.7 Å². The number of fused-ring (bicyclic) bond motifs is 1. The minimum atomic E-state index is 0.159. The van der Waals surface area contributed by atoms with Crippen LogP contribution in [0.2, 0.25) is 0 Å². The van der Waals surface area contributed by atoms with E-state index in [1.54, 1.807) is 6.20 Å². The fourth-order valence-electron chi connectivity index (χ4n) is 3.24. The van der Waals surface area contributed by atoms with Crippen molar-refractivity contribution < 1.29 is 9.21 Å². The zero-order valence-electron chi connectivity index (χ0n) is 15.6. The lowest BCUT2D eigenvalue weighted by Crippen LogP contribution is -2.49. The monoisotopic (exact) mass is 365 g/mol. The van der Waals surface area contributed by atoms with Gasteiger partial charge >= 0.3 is 0 Å². The summed E-state index contributed by atoms with van der Waals surface area (Å²) < 4.78 is 5.73. The molecule has 0 N–H and O–H groups in total. The van der Waals surface area contributed by atoms with Gasteiger partial charge in [-0.05, 0) is 29.8 Å². The Bertz CT molecular complexity index is 894. The van der Waals surface area contributed by atoms with Crippen molar-refractivity contribution >= 4 is 28.8 Å². The minimum absolute atomic E-state index is 0.159. The van der Waals surface area contributed by atoms with E-state index in [-0.39, 0.29) is 5.91 Å². The Hall–Kier alpha value is -3.09. The molecule has 7 heteroatoms. The normalized spacial score (nSPS) is 14.6. The first-order chi connectivity index (χ1) is 13.1. The maximum absolute atomic E-state index is 12.6. The van der Waals surface area contributed by atoms with E-state index in [4.69, 9.17) is 4.42 Å². The fourth-order valence-corrected chi connectivity index (χ4v) is 3.24. The lowest BCUT2D eigenvalue weighted by molar-refractivity contribution is -0.130. The van der Waals surface area contributed by atoms with Crippen LogP contribution >= 0.6 is 0 Å². The summed E-state index contributed by atoms with van der Waals surface area (Å²) in [6.07, 6.45) is 2.12. The lowest BCUT2D eigenvalue weighted by Gasteiger charge is -2.33. The molecule has 0 aliphatic carbocycles. The Morgan fingerprint density at radius 1 is 1.11 bits per heavy atom. The van der Waals surface area contributed by atoms with Gasteiger partial charge in [-0.25, -0.2) is 4.98 Å².